The van der Waals surface area contributed by atoms with Crippen LogP contribution < -0.4 is 4.90 Å². The molecule has 1 amide bonds. The largest absolute Gasteiger partial charge is 0.307 e. The molecule has 5 rings (SSSR count). The van der Waals surface area contributed by atoms with E-state index in [1.165, 1.54) is 18.2 Å². The van der Waals surface area contributed by atoms with E-state index in [0.29, 0.717) is 23.7 Å². The highest BCUT2D eigenvalue weighted by Gasteiger charge is 2.46. The van der Waals surface area contributed by atoms with Crippen molar-refractivity contribution in [1.29, 1.82) is 0 Å². The van der Waals surface area contributed by atoms with Crippen molar-refractivity contribution >= 4 is 28.9 Å². The monoisotopic (exact) mass is 479 g/mol. The van der Waals surface area contributed by atoms with Gasteiger partial charge in [0.15, 0.2) is 0 Å². The zero-order valence-electron chi connectivity index (χ0n) is 18.4. The van der Waals surface area contributed by atoms with E-state index in [-0.39, 0.29) is 22.8 Å². The van der Waals surface area contributed by atoms with Gasteiger partial charge in [-0.3, -0.25) is 19.8 Å². The van der Waals surface area contributed by atoms with Crippen molar-refractivity contribution in [2.75, 3.05) is 24.5 Å². The Morgan fingerprint density at radius 3 is 2.47 bits per heavy atom. The topological polar surface area (TPSA) is 66.7 Å². The number of hydrogen-bond acceptors (Lipinski definition) is 4. The third kappa shape index (κ3) is 4.17. The fourth-order valence-electron chi connectivity index (χ4n) is 5.15. The summed E-state index contributed by atoms with van der Waals surface area (Å²) in [6.07, 6.45) is 1.57. The lowest BCUT2D eigenvalue weighted by atomic mass is 9.74. The number of non-ortho nitro benzene ring substituents is 1. The molecule has 2 heterocycles. The molecule has 0 bridgehead atoms. The molecule has 0 aliphatic carbocycles. The van der Waals surface area contributed by atoms with E-state index in [0.717, 1.165) is 42.7 Å². The molecule has 6 nitrogen and oxygen atoms in total. The van der Waals surface area contributed by atoms with Gasteiger partial charge < -0.3 is 4.90 Å². The van der Waals surface area contributed by atoms with Gasteiger partial charge in [0, 0.05) is 46.9 Å². The molecule has 0 saturated carbocycles. The maximum atomic E-state index is 14.3. The maximum absolute atomic E-state index is 14.3. The lowest BCUT2D eigenvalue weighted by molar-refractivity contribution is -0.384. The van der Waals surface area contributed by atoms with Crippen LogP contribution in [0.3, 0.4) is 0 Å². The van der Waals surface area contributed by atoms with Gasteiger partial charge >= 0.3 is 0 Å². The minimum absolute atomic E-state index is 0.0791. The van der Waals surface area contributed by atoms with Crippen molar-refractivity contribution in [2.24, 2.45) is 0 Å². The number of nitro groups is 1. The number of rotatable bonds is 4. The smallest absolute Gasteiger partial charge is 0.269 e. The molecule has 0 aromatic heterocycles. The second-order valence-corrected chi connectivity index (χ2v) is 9.48. The van der Waals surface area contributed by atoms with Crippen molar-refractivity contribution in [1.82, 2.24) is 4.90 Å². The lowest BCUT2D eigenvalue weighted by Gasteiger charge is -2.40. The molecular weight excluding hydrogens is 457 g/mol. The summed E-state index contributed by atoms with van der Waals surface area (Å²) in [5.74, 6) is -0.441. The molecule has 0 atom stereocenters. The predicted molar refractivity (Wildman–Crippen MR) is 129 cm³/mol. The van der Waals surface area contributed by atoms with Gasteiger partial charge in [0.2, 0.25) is 0 Å². The van der Waals surface area contributed by atoms with Crippen molar-refractivity contribution in [2.45, 2.75) is 24.8 Å². The van der Waals surface area contributed by atoms with Gasteiger partial charge in [-0.15, -0.1) is 0 Å². The predicted octanol–water partition coefficient (Wildman–Crippen LogP) is 5.58. The molecule has 8 heteroatoms. The zero-order valence-corrected chi connectivity index (χ0v) is 19.2. The number of amides is 1. The normalized spacial score (nSPS) is 17.1. The summed E-state index contributed by atoms with van der Waals surface area (Å²) in [5.41, 5.74) is 2.94. The Hall–Kier alpha value is -3.29. The van der Waals surface area contributed by atoms with Crippen LogP contribution in [0.2, 0.25) is 5.02 Å². The van der Waals surface area contributed by atoms with Crippen molar-refractivity contribution in [3.8, 4) is 0 Å². The number of hydrogen-bond donors (Lipinski definition) is 0. The van der Waals surface area contributed by atoms with Gasteiger partial charge in [0.25, 0.3) is 11.6 Å². The van der Waals surface area contributed by atoms with Crippen LogP contribution in [0.15, 0.2) is 66.7 Å². The Balaban J connectivity index is 1.35. The second kappa shape index (κ2) is 8.81. The first-order valence-corrected chi connectivity index (χ1v) is 11.6. The third-order valence-electron chi connectivity index (χ3n) is 6.96. The van der Waals surface area contributed by atoms with E-state index in [2.05, 4.69) is 4.90 Å². The van der Waals surface area contributed by atoms with Crippen LogP contribution in [-0.4, -0.2) is 35.4 Å². The standard InChI is InChI=1S/C26H23ClFN3O3/c27-20-3-1-2-19(14-20)25(32)30-17-26(23-15-21(28)6-9-24(23)30)10-12-29(13-11-26)16-18-4-7-22(8-5-18)31(33)34/h1-9,14-15H,10-13,16-17H2. The molecule has 174 valence electrons. The van der Waals surface area contributed by atoms with Crippen LogP contribution in [0.4, 0.5) is 15.8 Å². The molecule has 1 fully saturated rings. The summed E-state index contributed by atoms with van der Waals surface area (Å²) in [6, 6.07) is 18.2. The SMILES string of the molecule is O=C(c1cccc(Cl)c1)N1CC2(CCN(Cc3ccc([N+](=O)[O-])cc3)CC2)c2cc(F)ccc21. The number of piperidine rings is 1. The molecule has 3 aromatic carbocycles. The summed E-state index contributed by atoms with van der Waals surface area (Å²) in [4.78, 5) is 27.9. The molecule has 2 aliphatic rings. The van der Waals surface area contributed by atoms with Crippen LogP contribution in [0.1, 0.15) is 34.3 Å². The minimum Gasteiger partial charge on any atom is -0.307 e. The number of nitrogens with zero attached hydrogens (tertiary/aromatic N) is 3. The zero-order chi connectivity index (χ0) is 23.9. The Morgan fingerprint density at radius 2 is 1.79 bits per heavy atom. The Bertz CT molecular complexity index is 1260. The van der Waals surface area contributed by atoms with E-state index in [1.807, 2.05) is 0 Å². The summed E-state index contributed by atoms with van der Waals surface area (Å²) in [7, 11) is 0. The first-order chi connectivity index (χ1) is 16.3. The highest BCUT2D eigenvalue weighted by Crippen LogP contribution is 2.48. The average Bonchev–Trinajstić information content (AvgIpc) is 3.13. The molecule has 34 heavy (non-hydrogen) atoms. The van der Waals surface area contributed by atoms with Gasteiger partial charge in [-0.05, 0) is 73.5 Å². The quantitative estimate of drug-likeness (QED) is 0.362. The number of carbonyl (C=O) groups excluding carboxylic acids is 1. The first kappa shape index (κ1) is 22.5. The number of likely N-dealkylation sites (tertiary alicyclic amines) is 1. The van der Waals surface area contributed by atoms with Gasteiger partial charge in [0.1, 0.15) is 5.82 Å². The molecule has 0 N–H and O–H groups in total. The first-order valence-electron chi connectivity index (χ1n) is 11.2. The molecule has 0 radical (unpaired) electrons. The van der Waals surface area contributed by atoms with Gasteiger partial charge in [-0.25, -0.2) is 4.39 Å². The molecule has 3 aromatic rings. The Morgan fingerprint density at radius 1 is 1.06 bits per heavy atom. The maximum Gasteiger partial charge on any atom is 0.269 e. The number of nitro benzene ring substituents is 1. The molecule has 2 aliphatic heterocycles. The van der Waals surface area contributed by atoms with Crippen LogP contribution in [0.25, 0.3) is 0 Å². The number of benzene rings is 3. The van der Waals surface area contributed by atoms with Crippen LogP contribution >= 0.6 is 11.6 Å². The summed E-state index contributed by atoms with van der Waals surface area (Å²) in [6.45, 7) is 2.76. The summed E-state index contributed by atoms with van der Waals surface area (Å²) >= 11 is 6.11. The fraction of sp³-hybridized carbons (Fsp3) is 0.269. The highest BCUT2D eigenvalue weighted by molar-refractivity contribution is 6.31. The van der Waals surface area contributed by atoms with E-state index in [4.69, 9.17) is 11.6 Å². The fourth-order valence-corrected chi connectivity index (χ4v) is 5.34. The number of anilines is 1. The number of halogens is 2. The molecule has 1 spiro atoms. The summed E-state index contributed by atoms with van der Waals surface area (Å²) in [5, 5.41) is 11.4. The van der Waals surface area contributed by atoms with E-state index in [9.17, 15) is 19.3 Å². The van der Waals surface area contributed by atoms with Crippen molar-refractivity contribution < 1.29 is 14.1 Å². The molecule has 0 unspecified atom stereocenters. The third-order valence-corrected chi connectivity index (χ3v) is 7.20. The van der Waals surface area contributed by atoms with E-state index >= 15 is 0 Å². The van der Waals surface area contributed by atoms with Crippen LogP contribution in [0, 0.1) is 15.9 Å². The minimum atomic E-state index is -0.401. The highest BCUT2D eigenvalue weighted by atomic mass is 35.5. The molecular formula is C26H23ClFN3O3. The van der Waals surface area contributed by atoms with Gasteiger partial charge in [0.05, 0.1) is 4.92 Å². The van der Waals surface area contributed by atoms with E-state index < -0.39 is 4.92 Å². The Labute approximate surface area is 201 Å². The average molecular weight is 480 g/mol. The van der Waals surface area contributed by atoms with E-state index in [1.54, 1.807) is 53.4 Å². The van der Waals surface area contributed by atoms with Crippen molar-refractivity contribution in [3.05, 3.63) is 104 Å². The lowest BCUT2D eigenvalue weighted by Crippen LogP contribution is -2.45. The van der Waals surface area contributed by atoms with Gasteiger partial charge in [-0.2, -0.15) is 0 Å². The Kier molecular flexibility index (Phi) is 5.83. The summed E-state index contributed by atoms with van der Waals surface area (Å²) < 4.78 is 14.3. The number of carbonyl (C=O) groups is 1. The van der Waals surface area contributed by atoms with Crippen LogP contribution in [-0.2, 0) is 12.0 Å². The van der Waals surface area contributed by atoms with Gasteiger partial charge in [-0.1, -0.05) is 29.8 Å². The van der Waals surface area contributed by atoms with Crippen molar-refractivity contribution in [3.63, 3.8) is 0 Å². The van der Waals surface area contributed by atoms with Crippen LogP contribution in [0.5, 0.6) is 0 Å². The molecule has 1 saturated heterocycles. The number of fused-ring (bicyclic) bond motifs is 2. The second-order valence-electron chi connectivity index (χ2n) is 9.04.